The van der Waals surface area contributed by atoms with Crippen LogP contribution in [0.3, 0.4) is 0 Å². The summed E-state index contributed by atoms with van der Waals surface area (Å²) in [5.41, 5.74) is 1.39. The summed E-state index contributed by atoms with van der Waals surface area (Å²) >= 11 is 0. The van der Waals surface area contributed by atoms with Crippen molar-refractivity contribution in [1.29, 1.82) is 0 Å². The van der Waals surface area contributed by atoms with Gasteiger partial charge < -0.3 is 10.4 Å². The van der Waals surface area contributed by atoms with Crippen LogP contribution >= 0.6 is 0 Å². The number of phenolic OH excluding ortho intramolecular Hbond substituents is 1. The first-order valence-electron chi connectivity index (χ1n) is 8.19. The molecule has 118 valence electrons. The van der Waals surface area contributed by atoms with Crippen LogP contribution in [0.1, 0.15) is 46.1 Å². The van der Waals surface area contributed by atoms with Gasteiger partial charge in [-0.2, -0.15) is 0 Å². The van der Waals surface area contributed by atoms with E-state index in [-0.39, 0.29) is 5.54 Å². The molecular weight excluding hydrogens is 260 g/mol. The highest BCUT2D eigenvalue weighted by atomic mass is 16.3. The molecule has 1 aromatic rings. The van der Waals surface area contributed by atoms with Crippen molar-refractivity contribution in [2.24, 2.45) is 5.92 Å². The molecule has 1 aliphatic rings. The van der Waals surface area contributed by atoms with E-state index in [4.69, 9.17) is 0 Å². The third-order valence-electron chi connectivity index (χ3n) is 4.78. The normalized spacial score (nSPS) is 27.2. The molecule has 0 amide bonds. The second-order valence-electron chi connectivity index (χ2n) is 7.11. The summed E-state index contributed by atoms with van der Waals surface area (Å²) in [6.45, 7) is 12.2. The number of rotatable bonds is 5. The van der Waals surface area contributed by atoms with E-state index in [1.165, 1.54) is 12.0 Å². The summed E-state index contributed by atoms with van der Waals surface area (Å²) in [5, 5.41) is 13.4. The fraction of sp³-hybridized carbons (Fsp3) is 0.667. The van der Waals surface area contributed by atoms with Gasteiger partial charge in [-0.25, -0.2) is 0 Å². The van der Waals surface area contributed by atoms with Gasteiger partial charge in [0.2, 0.25) is 0 Å². The Bertz CT molecular complexity index is 460. The van der Waals surface area contributed by atoms with E-state index in [0.29, 0.717) is 11.8 Å². The van der Waals surface area contributed by atoms with E-state index in [2.05, 4.69) is 44.0 Å². The Hall–Kier alpha value is -1.06. The van der Waals surface area contributed by atoms with Crippen LogP contribution in [-0.2, 0) is 6.54 Å². The molecule has 1 aliphatic heterocycles. The van der Waals surface area contributed by atoms with Gasteiger partial charge in [0.15, 0.2) is 0 Å². The summed E-state index contributed by atoms with van der Waals surface area (Å²) in [7, 11) is 0. The minimum absolute atomic E-state index is 0.193. The van der Waals surface area contributed by atoms with Crippen LogP contribution in [0.25, 0.3) is 0 Å². The number of hydrogen-bond acceptors (Lipinski definition) is 3. The van der Waals surface area contributed by atoms with Gasteiger partial charge in [-0.15, -0.1) is 0 Å². The van der Waals surface area contributed by atoms with Crippen molar-refractivity contribution in [1.82, 2.24) is 10.2 Å². The lowest BCUT2D eigenvalue weighted by Gasteiger charge is -2.48. The fourth-order valence-electron chi connectivity index (χ4n) is 3.23. The number of benzene rings is 1. The summed E-state index contributed by atoms with van der Waals surface area (Å²) in [6, 6.07) is 8.23. The highest BCUT2D eigenvalue weighted by molar-refractivity contribution is 5.27. The monoisotopic (exact) mass is 290 g/mol. The highest BCUT2D eigenvalue weighted by Gasteiger charge is 2.36. The van der Waals surface area contributed by atoms with Crippen LogP contribution in [-0.4, -0.2) is 34.7 Å². The molecule has 0 aliphatic carbocycles. The lowest BCUT2D eigenvalue weighted by Crippen LogP contribution is -2.62. The topological polar surface area (TPSA) is 35.5 Å². The van der Waals surface area contributed by atoms with E-state index in [1.54, 1.807) is 6.07 Å². The maximum Gasteiger partial charge on any atom is 0.115 e. The first-order valence-corrected chi connectivity index (χ1v) is 8.19. The fourth-order valence-corrected chi connectivity index (χ4v) is 3.23. The van der Waals surface area contributed by atoms with E-state index >= 15 is 0 Å². The molecule has 3 heteroatoms. The number of piperazine rings is 1. The zero-order valence-electron chi connectivity index (χ0n) is 13.9. The van der Waals surface area contributed by atoms with Crippen molar-refractivity contribution in [3.8, 4) is 5.75 Å². The van der Waals surface area contributed by atoms with Crippen molar-refractivity contribution in [3.05, 3.63) is 29.8 Å². The third-order valence-corrected chi connectivity index (χ3v) is 4.78. The van der Waals surface area contributed by atoms with Crippen molar-refractivity contribution in [2.45, 2.75) is 58.7 Å². The standard InChI is InChI=1S/C18H30N2O/c1-5-18(4)13-19-16(9-14(2)3)12-20(18)11-15-7-6-8-17(21)10-15/h6-8,10,14,16,19,21H,5,9,11-13H2,1-4H3. The number of hydrogen-bond donors (Lipinski definition) is 2. The van der Waals surface area contributed by atoms with Crippen molar-refractivity contribution in [3.63, 3.8) is 0 Å². The second-order valence-corrected chi connectivity index (χ2v) is 7.11. The second kappa shape index (κ2) is 6.80. The average molecular weight is 290 g/mol. The minimum Gasteiger partial charge on any atom is -0.508 e. The molecule has 1 fully saturated rings. The van der Waals surface area contributed by atoms with Gasteiger partial charge in [-0.1, -0.05) is 32.9 Å². The molecule has 0 saturated carbocycles. The molecule has 1 aromatic carbocycles. The SMILES string of the molecule is CCC1(C)CNC(CC(C)C)CN1Cc1cccc(O)c1. The van der Waals surface area contributed by atoms with Crippen molar-refractivity contribution >= 4 is 0 Å². The van der Waals surface area contributed by atoms with Crippen molar-refractivity contribution < 1.29 is 5.11 Å². The van der Waals surface area contributed by atoms with Gasteiger partial charge in [0.1, 0.15) is 5.75 Å². The number of phenols is 1. The molecule has 3 nitrogen and oxygen atoms in total. The Balaban J connectivity index is 2.10. The highest BCUT2D eigenvalue weighted by Crippen LogP contribution is 2.27. The van der Waals surface area contributed by atoms with Gasteiger partial charge in [-0.05, 0) is 43.4 Å². The Labute approximate surface area is 129 Å². The average Bonchev–Trinajstić information content (AvgIpc) is 2.42. The van der Waals surface area contributed by atoms with Crippen LogP contribution in [0.2, 0.25) is 0 Å². The molecule has 0 spiro atoms. The zero-order chi connectivity index (χ0) is 15.5. The third kappa shape index (κ3) is 4.21. The quantitative estimate of drug-likeness (QED) is 0.872. The number of nitrogens with one attached hydrogen (secondary N) is 1. The van der Waals surface area contributed by atoms with Crippen LogP contribution < -0.4 is 5.32 Å². The molecule has 0 bridgehead atoms. The molecule has 21 heavy (non-hydrogen) atoms. The molecule has 2 N–H and O–H groups in total. The predicted octanol–water partition coefficient (Wildman–Crippen LogP) is 3.38. The molecule has 1 saturated heterocycles. The zero-order valence-corrected chi connectivity index (χ0v) is 13.9. The Morgan fingerprint density at radius 1 is 1.43 bits per heavy atom. The van der Waals surface area contributed by atoms with Crippen molar-refractivity contribution in [2.75, 3.05) is 13.1 Å². The Morgan fingerprint density at radius 3 is 2.81 bits per heavy atom. The minimum atomic E-state index is 0.193. The van der Waals surface area contributed by atoms with Gasteiger partial charge in [-0.3, -0.25) is 4.90 Å². The maximum absolute atomic E-state index is 9.67. The summed E-state index contributed by atoms with van der Waals surface area (Å²) < 4.78 is 0. The molecule has 1 heterocycles. The lowest BCUT2D eigenvalue weighted by molar-refractivity contribution is 0.0372. The maximum atomic E-state index is 9.67. The smallest absolute Gasteiger partial charge is 0.115 e. The van der Waals surface area contributed by atoms with Gasteiger partial charge in [0, 0.05) is 31.2 Å². The Kier molecular flexibility index (Phi) is 5.28. The molecule has 2 unspecified atom stereocenters. The van der Waals surface area contributed by atoms with Crippen LogP contribution in [0, 0.1) is 5.92 Å². The van der Waals surface area contributed by atoms with Gasteiger partial charge in [0.25, 0.3) is 0 Å². The number of aromatic hydroxyl groups is 1. The largest absolute Gasteiger partial charge is 0.508 e. The first kappa shape index (κ1) is 16.3. The number of nitrogens with zero attached hydrogens (tertiary/aromatic N) is 1. The van der Waals surface area contributed by atoms with E-state index in [9.17, 15) is 5.11 Å². The summed E-state index contributed by atoms with van der Waals surface area (Å²) in [6.07, 6.45) is 2.35. The molecule has 0 aromatic heterocycles. The van der Waals surface area contributed by atoms with E-state index in [0.717, 1.165) is 32.0 Å². The molecular formula is C18H30N2O. The van der Waals surface area contributed by atoms with Crippen LogP contribution in [0.15, 0.2) is 24.3 Å². The van der Waals surface area contributed by atoms with Crippen LogP contribution in [0.4, 0.5) is 0 Å². The van der Waals surface area contributed by atoms with Crippen LogP contribution in [0.5, 0.6) is 5.75 Å². The summed E-state index contributed by atoms with van der Waals surface area (Å²) in [4.78, 5) is 2.59. The van der Waals surface area contributed by atoms with E-state index in [1.807, 2.05) is 12.1 Å². The predicted molar refractivity (Wildman–Crippen MR) is 88.5 cm³/mol. The van der Waals surface area contributed by atoms with Gasteiger partial charge in [0.05, 0.1) is 0 Å². The summed E-state index contributed by atoms with van der Waals surface area (Å²) in [5.74, 6) is 1.08. The lowest BCUT2D eigenvalue weighted by atomic mass is 9.89. The van der Waals surface area contributed by atoms with E-state index < -0.39 is 0 Å². The Morgan fingerprint density at radius 2 is 2.19 bits per heavy atom. The van der Waals surface area contributed by atoms with Gasteiger partial charge >= 0.3 is 0 Å². The molecule has 2 atom stereocenters. The first-order chi connectivity index (χ1) is 9.93. The molecule has 2 rings (SSSR count). The molecule has 0 radical (unpaired) electrons.